The van der Waals surface area contributed by atoms with Crippen LogP contribution in [0.2, 0.25) is 0 Å². The lowest BCUT2D eigenvalue weighted by Crippen LogP contribution is -2.40. The van der Waals surface area contributed by atoms with Crippen LogP contribution in [-0.2, 0) is 0 Å². The molecule has 1 amide bonds. The van der Waals surface area contributed by atoms with Crippen molar-refractivity contribution in [3.8, 4) is 11.1 Å². The van der Waals surface area contributed by atoms with Crippen LogP contribution in [0.3, 0.4) is 0 Å². The summed E-state index contributed by atoms with van der Waals surface area (Å²) in [6.45, 7) is 3.35. The topological polar surface area (TPSA) is 94.7 Å². The van der Waals surface area contributed by atoms with Gasteiger partial charge in [-0.05, 0) is 31.4 Å². The van der Waals surface area contributed by atoms with Crippen molar-refractivity contribution < 1.29 is 4.79 Å². The van der Waals surface area contributed by atoms with Gasteiger partial charge >= 0.3 is 0 Å². The molecule has 1 unspecified atom stereocenters. The van der Waals surface area contributed by atoms with Gasteiger partial charge in [-0.3, -0.25) is 14.7 Å². The number of aromatic amines is 2. The molecule has 7 heteroatoms. The van der Waals surface area contributed by atoms with Crippen LogP contribution >= 0.6 is 0 Å². The van der Waals surface area contributed by atoms with Crippen molar-refractivity contribution in [3.63, 3.8) is 0 Å². The zero-order valence-corrected chi connectivity index (χ0v) is 15.1. The van der Waals surface area contributed by atoms with E-state index in [2.05, 4.69) is 51.6 Å². The number of nitrogens with one attached hydrogen (secondary N) is 2. The molecule has 4 rings (SSSR count). The number of aryl methyl sites for hydroxylation is 1. The number of likely N-dealkylation sites (tertiary alicyclic amines) is 1. The van der Waals surface area contributed by atoms with Gasteiger partial charge in [-0.25, -0.2) is 5.10 Å². The van der Waals surface area contributed by atoms with E-state index in [0.29, 0.717) is 13.1 Å². The number of carbonyl (C=O) groups is 1. The second kappa shape index (κ2) is 7.19. The van der Waals surface area contributed by atoms with Gasteiger partial charge in [0.1, 0.15) is 5.69 Å². The first-order valence-electron chi connectivity index (χ1n) is 9.07. The van der Waals surface area contributed by atoms with E-state index in [0.717, 1.165) is 29.7 Å². The maximum atomic E-state index is 12.7. The Morgan fingerprint density at radius 1 is 1.15 bits per heavy atom. The van der Waals surface area contributed by atoms with Crippen LogP contribution in [-0.4, -0.2) is 44.3 Å². The predicted octanol–water partition coefficient (Wildman–Crippen LogP) is 2.49. The summed E-state index contributed by atoms with van der Waals surface area (Å²) in [6, 6.07) is 11.2. The number of carbonyl (C=O) groups excluding carboxylic acids is 1. The number of rotatable bonds is 3. The molecular formula is C20H21N5O2. The van der Waals surface area contributed by atoms with Gasteiger partial charge in [-0.15, -0.1) is 0 Å². The number of aromatic nitrogens is 4. The first-order chi connectivity index (χ1) is 13.1. The van der Waals surface area contributed by atoms with Crippen molar-refractivity contribution in [2.24, 2.45) is 0 Å². The lowest BCUT2D eigenvalue weighted by molar-refractivity contribution is 0.0698. The molecule has 138 valence electrons. The van der Waals surface area contributed by atoms with Gasteiger partial charge in [0, 0.05) is 36.3 Å². The first kappa shape index (κ1) is 17.2. The molecule has 27 heavy (non-hydrogen) atoms. The second-order valence-corrected chi connectivity index (χ2v) is 6.96. The summed E-state index contributed by atoms with van der Waals surface area (Å²) in [7, 11) is 0. The lowest BCUT2D eigenvalue weighted by Gasteiger charge is -2.32. The highest BCUT2D eigenvalue weighted by atomic mass is 16.2. The minimum atomic E-state index is -0.316. The molecule has 0 saturated carbocycles. The van der Waals surface area contributed by atoms with E-state index in [4.69, 9.17) is 0 Å². The molecule has 0 radical (unpaired) electrons. The van der Waals surface area contributed by atoms with Gasteiger partial charge in [-0.2, -0.15) is 10.2 Å². The fraction of sp³-hybridized carbons (Fsp3) is 0.300. The van der Waals surface area contributed by atoms with Crippen LogP contribution < -0.4 is 5.56 Å². The van der Waals surface area contributed by atoms with Crippen molar-refractivity contribution in [1.82, 2.24) is 25.3 Å². The normalized spacial score (nSPS) is 17.1. The summed E-state index contributed by atoms with van der Waals surface area (Å²) in [5.41, 5.74) is 4.42. The highest BCUT2D eigenvalue weighted by Gasteiger charge is 2.28. The SMILES string of the molecule is Cc1ccc(-c2cn[nH]c2C2CCCN(C(=O)c3ccc(=O)[nH]n3)C2)cc1. The number of piperidine rings is 1. The van der Waals surface area contributed by atoms with E-state index < -0.39 is 0 Å². The Bertz CT molecular complexity index is 985. The Morgan fingerprint density at radius 3 is 2.70 bits per heavy atom. The molecule has 0 spiro atoms. The number of H-pyrrole nitrogens is 2. The van der Waals surface area contributed by atoms with Gasteiger partial charge in [0.25, 0.3) is 11.5 Å². The maximum Gasteiger partial charge on any atom is 0.274 e. The fourth-order valence-electron chi connectivity index (χ4n) is 3.59. The quantitative estimate of drug-likeness (QED) is 0.747. The smallest absolute Gasteiger partial charge is 0.274 e. The predicted molar refractivity (Wildman–Crippen MR) is 101 cm³/mol. The minimum absolute atomic E-state index is 0.160. The number of hydrogen-bond acceptors (Lipinski definition) is 4. The molecule has 3 heterocycles. The monoisotopic (exact) mass is 363 g/mol. The maximum absolute atomic E-state index is 12.7. The van der Waals surface area contributed by atoms with Gasteiger partial charge in [0.05, 0.1) is 6.20 Å². The molecule has 1 saturated heterocycles. The summed E-state index contributed by atoms with van der Waals surface area (Å²) in [4.78, 5) is 25.7. The molecule has 7 nitrogen and oxygen atoms in total. The molecule has 3 aromatic rings. The molecule has 2 aromatic heterocycles. The third-order valence-corrected chi connectivity index (χ3v) is 5.05. The third-order valence-electron chi connectivity index (χ3n) is 5.05. The minimum Gasteiger partial charge on any atom is -0.337 e. The summed E-state index contributed by atoms with van der Waals surface area (Å²) < 4.78 is 0. The molecule has 1 aliphatic heterocycles. The van der Waals surface area contributed by atoms with Crippen LogP contribution in [0.1, 0.15) is 40.5 Å². The number of benzene rings is 1. The van der Waals surface area contributed by atoms with Crippen LogP contribution in [0.4, 0.5) is 0 Å². The Hall–Kier alpha value is -3.22. The van der Waals surface area contributed by atoms with Crippen LogP contribution in [0.5, 0.6) is 0 Å². The molecule has 0 aliphatic carbocycles. The lowest BCUT2D eigenvalue weighted by atomic mass is 9.90. The summed E-state index contributed by atoms with van der Waals surface area (Å²) >= 11 is 0. The van der Waals surface area contributed by atoms with Crippen LogP contribution in [0.25, 0.3) is 11.1 Å². The second-order valence-electron chi connectivity index (χ2n) is 6.96. The van der Waals surface area contributed by atoms with Crippen molar-refractivity contribution in [2.45, 2.75) is 25.7 Å². The van der Waals surface area contributed by atoms with Crippen molar-refractivity contribution >= 4 is 5.91 Å². The van der Waals surface area contributed by atoms with Crippen molar-refractivity contribution in [3.05, 3.63) is 69.9 Å². The van der Waals surface area contributed by atoms with E-state index in [-0.39, 0.29) is 23.1 Å². The van der Waals surface area contributed by atoms with Gasteiger partial charge in [0.2, 0.25) is 0 Å². The fourth-order valence-corrected chi connectivity index (χ4v) is 3.59. The molecule has 0 bridgehead atoms. The number of nitrogens with zero attached hydrogens (tertiary/aromatic N) is 3. The summed E-state index contributed by atoms with van der Waals surface area (Å²) in [5.74, 6) is 0.0246. The Labute approximate surface area is 156 Å². The van der Waals surface area contributed by atoms with E-state index >= 15 is 0 Å². The van der Waals surface area contributed by atoms with E-state index in [1.807, 2.05) is 6.20 Å². The summed E-state index contributed by atoms with van der Waals surface area (Å²) in [6.07, 6.45) is 3.75. The number of hydrogen-bond donors (Lipinski definition) is 2. The van der Waals surface area contributed by atoms with E-state index in [9.17, 15) is 9.59 Å². The van der Waals surface area contributed by atoms with Gasteiger partial charge < -0.3 is 4.90 Å². The largest absolute Gasteiger partial charge is 0.337 e. The molecule has 2 N–H and O–H groups in total. The number of amides is 1. The van der Waals surface area contributed by atoms with Crippen LogP contribution in [0.15, 0.2) is 47.4 Å². The zero-order chi connectivity index (χ0) is 18.8. The molecule has 1 aromatic carbocycles. The standard InChI is InChI=1S/C20H21N5O2/c1-13-4-6-14(7-5-13)16-11-21-24-19(16)15-3-2-10-25(12-15)20(27)17-8-9-18(26)23-22-17/h4-9,11,15H,2-3,10,12H2,1H3,(H,21,24)(H,23,26). The van der Waals surface area contributed by atoms with E-state index in [1.54, 1.807) is 4.90 Å². The molecular weight excluding hydrogens is 342 g/mol. The molecule has 1 fully saturated rings. The van der Waals surface area contributed by atoms with Gasteiger partial charge in [0.15, 0.2) is 0 Å². The van der Waals surface area contributed by atoms with Crippen LogP contribution in [0, 0.1) is 6.92 Å². The van der Waals surface area contributed by atoms with Crippen molar-refractivity contribution in [2.75, 3.05) is 13.1 Å². The zero-order valence-electron chi connectivity index (χ0n) is 15.1. The Morgan fingerprint density at radius 2 is 1.96 bits per heavy atom. The summed E-state index contributed by atoms with van der Waals surface area (Å²) in [5, 5.41) is 13.6. The molecule has 1 aliphatic rings. The van der Waals surface area contributed by atoms with Crippen molar-refractivity contribution in [1.29, 1.82) is 0 Å². The Balaban J connectivity index is 1.56. The first-order valence-corrected chi connectivity index (χ1v) is 9.07. The molecule has 1 atom stereocenters. The Kier molecular flexibility index (Phi) is 4.58. The highest BCUT2D eigenvalue weighted by molar-refractivity contribution is 5.92. The highest BCUT2D eigenvalue weighted by Crippen LogP contribution is 2.33. The van der Waals surface area contributed by atoms with Gasteiger partial charge in [-0.1, -0.05) is 29.8 Å². The van der Waals surface area contributed by atoms with E-state index in [1.165, 1.54) is 17.7 Å². The third kappa shape index (κ3) is 3.53. The average molecular weight is 363 g/mol. The average Bonchev–Trinajstić information content (AvgIpc) is 3.18.